The summed E-state index contributed by atoms with van der Waals surface area (Å²) in [6.07, 6.45) is 10.0. The number of hydrogen-bond acceptors (Lipinski definition) is 3. The zero-order valence-corrected chi connectivity index (χ0v) is 18.5. The third kappa shape index (κ3) is 5.96. The lowest BCUT2D eigenvalue weighted by Crippen LogP contribution is -2.32. The van der Waals surface area contributed by atoms with Crippen molar-refractivity contribution >= 4 is 28.2 Å². The van der Waals surface area contributed by atoms with Crippen LogP contribution in [0.1, 0.15) is 44.1 Å². The lowest BCUT2D eigenvalue weighted by atomic mass is 9.89. The summed E-state index contributed by atoms with van der Waals surface area (Å²) in [6, 6.07) is 18.9. The van der Waals surface area contributed by atoms with E-state index in [1.165, 1.54) is 44.2 Å². The molecule has 3 nitrogen and oxygen atoms in total. The molecule has 0 amide bonds. The SMILES string of the molecule is Clc1ccc2c(NCCCN(Cc3ccccc3)CC3CCCCC3)ccnc2c1. The maximum atomic E-state index is 6.11. The lowest BCUT2D eigenvalue weighted by Gasteiger charge is -2.30. The van der Waals surface area contributed by atoms with Crippen molar-refractivity contribution in [1.29, 1.82) is 0 Å². The summed E-state index contributed by atoms with van der Waals surface area (Å²) in [5, 5.41) is 5.48. The smallest absolute Gasteiger partial charge is 0.0737 e. The molecule has 158 valence electrons. The van der Waals surface area contributed by atoms with E-state index in [-0.39, 0.29) is 0 Å². The number of fused-ring (bicyclic) bond motifs is 1. The Balaban J connectivity index is 1.34. The fraction of sp³-hybridized carbons (Fsp3) is 0.423. The number of halogens is 1. The van der Waals surface area contributed by atoms with E-state index in [2.05, 4.69) is 57.7 Å². The monoisotopic (exact) mass is 421 g/mol. The molecule has 1 aromatic heterocycles. The average molecular weight is 422 g/mol. The van der Waals surface area contributed by atoms with E-state index >= 15 is 0 Å². The number of hydrogen-bond donors (Lipinski definition) is 1. The fourth-order valence-corrected chi connectivity index (χ4v) is 4.78. The number of rotatable bonds is 9. The second-order valence-corrected chi connectivity index (χ2v) is 8.96. The molecule has 0 radical (unpaired) electrons. The molecular weight excluding hydrogens is 390 g/mol. The summed E-state index contributed by atoms with van der Waals surface area (Å²) in [7, 11) is 0. The number of benzene rings is 2. The molecule has 1 aliphatic rings. The predicted molar refractivity (Wildman–Crippen MR) is 128 cm³/mol. The van der Waals surface area contributed by atoms with E-state index in [0.717, 1.165) is 53.6 Å². The highest BCUT2D eigenvalue weighted by atomic mass is 35.5. The lowest BCUT2D eigenvalue weighted by molar-refractivity contribution is 0.193. The summed E-state index contributed by atoms with van der Waals surface area (Å²) in [4.78, 5) is 7.10. The first-order chi connectivity index (χ1) is 14.8. The normalized spacial score (nSPS) is 15.0. The van der Waals surface area contributed by atoms with E-state index in [4.69, 9.17) is 11.6 Å². The molecule has 0 atom stereocenters. The summed E-state index contributed by atoms with van der Waals surface area (Å²) < 4.78 is 0. The molecule has 30 heavy (non-hydrogen) atoms. The van der Waals surface area contributed by atoms with Gasteiger partial charge in [-0.15, -0.1) is 0 Å². The molecule has 1 fully saturated rings. The van der Waals surface area contributed by atoms with Gasteiger partial charge in [-0.25, -0.2) is 0 Å². The van der Waals surface area contributed by atoms with Crippen molar-refractivity contribution in [2.45, 2.75) is 45.1 Å². The van der Waals surface area contributed by atoms with Gasteiger partial charge < -0.3 is 5.32 Å². The highest BCUT2D eigenvalue weighted by Gasteiger charge is 2.17. The van der Waals surface area contributed by atoms with Gasteiger partial charge in [0.15, 0.2) is 0 Å². The van der Waals surface area contributed by atoms with Crippen LogP contribution in [-0.2, 0) is 6.54 Å². The molecule has 0 aliphatic heterocycles. The van der Waals surface area contributed by atoms with Crippen LogP contribution in [0, 0.1) is 5.92 Å². The van der Waals surface area contributed by atoms with E-state index in [1.54, 1.807) is 0 Å². The van der Waals surface area contributed by atoms with E-state index in [1.807, 2.05) is 18.3 Å². The van der Waals surface area contributed by atoms with Gasteiger partial charge in [-0.2, -0.15) is 0 Å². The van der Waals surface area contributed by atoms with Crippen molar-refractivity contribution in [3.05, 3.63) is 71.4 Å². The Morgan fingerprint density at radius 2 is 1.83 bits per heavy atom. The maximum absolute atomic E-state index is 6.11. The van der Waals surface area contributed by atoms with Gasteiger partial charge in [0.25, 0.3) is 0 Å². The summed E-state index contributed by atoms with van der Waals surface area (Å²) in [5.41, 5.74) is 3.49. The van der Waals surface area contributed by atoms with Crippen LogP contribution in [-0.4, -0.2) is 29.5 Å². The van der Waals surface area contributed by atoms with Gasteiger partial charge in [-0.05, 0) is 55.0 Å². The molecule has 3 aromatic rings. The third-order valence-electron chi connectivity index (χ3n) is 6.16. The van der Waals surface area contributed by atoms with Gasteiger partial charge in [0.05, 0.1) is 5.52 Å². The molecule has 1 aliphatic carbocycles. The van der Waals surface area contributed by atoms with Crippen molar-refractivity contribution in [1.82, 2.24) is 9.88 Å². The first kappa shape index (κ1) is 21.1. The Kier molecular flexibility index (Phi) is 7.60. The number of anilines is 1. The molecule has 1 saturated carbocycles. The topological polar surface area (TPSA) is 28.2 Å². The van der Waals surface area contributed by atoms with Crippen LogP contribution in [0.4, 0.5) is 5.69 Å². The van der Waals surface area contributed by atoms with Gasteiger partial charge in [-0.3, -0.25) is 9.88 Å². The standard InChI is InChI=1S/C26H32ClN3/c27-23-12-13-24-25(14-16-29-26(24)18-23)28-15-7-17-30(19-21-8-3-1-4-9-21)20-22-10-5-2-6-11-22/h1,3-4,8-9,12-14,16,18,22H,2,5-7,10-11,15,17,19-20H2,(H,28,29). The fourth-order valence-electron chi connectivity index (χ4n) is 4.61. The van der Waals surface area contributed by atoms with Crippen LogP contribution in [0.15, 0.2) is 60.8 Å². The molecule has 4 rings (SSSR count). The van der Waals surface area contributed by atoms with Crippen LogP contribution in [0.2, 0.25) is 5.02 Å². The molecule has 0 spiro atoms. The van der Waals surface area contributed by atoms with Crippen molar-refractivity contribution in [2.24, 2.45) is 5.92 Å². The quantitative estimate of drug-likeness (QED) is 0.386. The number of nitrogens with zero attached hydrogens (tertiary/aromatic N) is 2. The van der Waals surface area contributed by atoms with Crippen LogP contribution in [0.5, 0.6) is 0 Å². The van der Waals surface area contributed by atoms with Crippen molar-refractivity contribution < 1.29 is 0 Å². The summed E-state index contributed by atoms with van der Waals surface area (Å²) in [5.74, 6) is 0.865. The van der Waals surface area contributed by atoms with Crippen LogP contribution in [0.25, 0.3) is 10.9 Å². The first-order valence-corrected chi connectivity index (χ1v) is 11.7. The second kappa shape index (κ2) is 10.8. The average Bonchev–Trinajstić information content (AvgIpc) is 2.78. The number of pyridine rings is 1. The number of nitrogens with one attached hydrogen (secondary N) is 1. The highest BCUT2D eigenvalue weighted by molar-refractivity contribution is 6.31. The molecule has 2 aromatic carbocycles. The van der Waals surface area contributed by atoms with Gasteiger partial charge in [0, 0.05) is 48.5 Å². The Hall–Kier alpha value is -2.10. The minimum Gasteiger partial charge on any atom is -0.384 e. The van der Waals surface area contributed by atoms with Gasteiger partial charge >= 0.3 is 0 Å². The molecule has 1 N–H and O–H groups in total. The predicted octanol–water partition coefficient (Wildman–Crippen LogP) is 6.77. The van der Waals surface area contributed by atoms with E-state index in [9.17, 15) is 0 Å². The van der Waals surface area contributed by atoms with Crippen LogP contribution in [0.3, 0.4) is 0 Å². The molecule has 0 saturated heterocycles. The van der Waals surface area contributed by atoms with Gasteiger partial charge in [0.2, 0.25) is 0 Å². The molecule has 0 bridgehead atoms. The van der Waals surface area contributed by atoms with E-state index < -0.39 is 0 Å². The molecular formula is C26H32ClN3. The van der Waals surface area contributed by atoms with Crippen molar-refractivity contribution in [2.75, 3.05) is 25.0 Å². The Morgan fingerprint density at radius 3 is 2.67 bits per heavy atom. The molecule has 4 heteroatoms. The van der Waals surface area contributed by atoms with Gasteiger partial charge in [-0.1, -0.05) is 61.2 Å². The second-order valence-electron chi connectivity index (χ2n) is 8.53. The Morgan fingerprint density at radius 1 is 1.00 bits per heavy atom. The summed E-state index contributed by atoms with van der Waals surface area (Å²) in [6.45, 7) is 4.35. The zero-order valence-electron chi connectivity index (χ0n) is 17.7. The Labute approximate surface area is 185 Å². The third-order valence-corrected chi connectivity index (χ3v) is 6.40. The van der Waals surface area contributed by atoms with E-state index in [0.29, 0.717) is 0 Å². The largest absolute Gasteiger partial charge is 0.384 e. The zero-order chi connectivity index (χ0) is 20.6. The maximum Gasteiger partial charge on any atom is 0.0737 e. The van der Waals surface area contributed by atoms with Crippen LogP contribution < -0.4 is 5.32 Å². The molecule has 0 unspecified atom stereocenters. The molecule has 1 heterocycles. The Bertz CT molecular complexity index is 922. The highest BCUT2D eigenvalue weighted by Crippen LogP contribution is 2.26. The first-order valence-electron chi connectivity index (χ1n) is 11.3. The minimum absolute atomic E-state index is 0.728. The summed E-state index contributed by atoms with van der Waals surface area (Å²) >= 11 is 6.11. The minimum atomic E-state index is 0.728. The van der Waals surface area contributed by atoms with Crippen molar-refractivity contribution in [3.8, 4) is 0 Å². The van der Waals surface area contributed by atoms with Crippen LogP contribution >= 0.6 is 11.6 Å². The number of aromatic nitrogens is 1. The van der Waals surface area contributed by atoms with Crippen molar-refractivity contribution in [3.63, 3.8) is 0 Å². The van der Waals surface area contributed by atoms with Gasteiger partial charge in [0.1, 0.15) is 0 Å².